The maximum atomic E-state index is 13.1. The van der Waals surface area contributed by atoms with Crippen molar-refractivity contribution in [2.24, 2.45) is 0 Å². The van der Waals surface area contributed by atoms with E-state index < -0.39 is 11.6 Å². The van der Waals surface area contributed by atoms with Gasteiger partial charge in [0, 0.05) is 12.6 Å². The number of ether oxygens (including phenoxy) is 1. The van der Waals surface area contributed by atoms with Crippen LogP contribution in [0.3, 0.4) is 0 Å². The van der Waals surface area contributed by atoms with Gasteiger partial charge in [0.15, 0.2) is 11.6 Å². The molecule has 18 heavy (non-hydrogen) atoms. The van der Waals surface area contributed by atoms with Crippen LogP contribution in [0, 0.1) is 11.6 Å². The van der Waals surface area contributed by atoms with E-state index in [0.717, 1.165) is 12.1 Å². The minimum atomic E-state index is -0.880. The molecule has 0 atom stereocenters. The summed E-state index contributed by atoms with van der Waals surface area (Å²) in [7, 11) is 1.32. The molecule has 0 aliphatic heterocycles. The fourth-order valence-electron chi connectivity index (χ4n) is 1.52. The van der Waals surface area contributed by atoms with Gasteiger partial charge in [-0.05, 0) is 31.5 Å². The fourth-order valence-corrected chi connectivity index (χ4v) is 1.52. The summed E-state index contributed by atoms with van der Waals surface area (Å²) in [5, 5.41) is 0. The molecular formula is C13H17F2NO2. The average Bonchev–Trinajstić information content (AvgIpc) is 2.32. The van der Waals surface area contributed by atoms with Crippen LogP contribution in [0.1, 0.15) is 19.4 Å². The van der Waals surface area contributed by atoms with Crippen molar-refractivity contribution in [3.05, 3.63) is 35.4 Å². The van der Waals surface area contributed by atoms with E-state index in [9.17, 15) is 13.6 Å². The van der Waals surface area contributed by atoms with Gasteiger partial charge in [0.1, 0.15) is 0 Å². The van der Waals surface area contributed by atoms with Gasteiger partial charge in [-0.3, -0.25) is 9.69 Å². The summed E-state index contributed by atoms with van der Waals surface area (Å²) in [6.07, 6.45) is 0. The quantitative estimate of drug-likeness (QED) is 0.758. The summed E-state index contributed by atoms with van der Waals surface area (Å²) < 4.78 is 30.5. The third kappa shape index (κ3) is 4.07. The number of esters is 1. The number of hydrogen-bond acceptors (Lipinski definition) is 3. The second-order valence-electron chi connectivity index (χ2n) is 4.32. The van der Waals surface area contributed by atoms with Gasteiger partial charge in [-0.2, -0.15) is 0 Å². The highest BCUT2D eigenvalue weighted by Crippen LogP contribution is 2.12. The number of nitrogens with zero attached hydrogens (tertiary/aromatic N) is 1. The molecule has 0 N–H and O–H groups in total. The SMILES string of the molecule is COC(=O)CN(Cc1ccc(F)c(F)c1)C(C)C. The fraction of sp³-hybridized carbons (Fsp3) is 0.462. The van der Waals surface area contributed by atoms with Gasteiger partial charge in [-0.15, -0.1) is 0 Å². The molecular weight excluding hydrogens is 240 g/mol. The zero-order chi connectivity index (χ0) is 13.7. The van der Waals surface area contributed by atoms with Crippen molar-refractivity contribution in [2.45, 2.75) is 26.4 Å². The van der Waals surface area contributed by atoms with Gasteiger partial charge >= 0.3 is 5.97 Å². The molecule has 0 aliphatic carbocycles. The lowest BCUT2D eigenvalue weighted by Gasteiger charge is -2.25. The summed E-state index contributed by atoms with van der Waals surface area (Å²) in [4.78, 5) is 13.1. The van der Waals surface area contributed by atoms with E-state index >= 15 is 0 Å². The van der Waals surface area contributed by atoms with Crippen LogP contribution in [0.25, 0.3) is 0 Å². The summed E-state index contributed by atoms with van der Waals surface area (Å²) in [5.74, 6) is -2.11. The van der Waals surface area contributed by atoms with E-state index in [0.29, 0.717) is 12.1 Å². The highest BCUT2D eigenvalue weighted by molar-refractivity contribution is 5.71. The van der Waals surface area contributed by atoms with Gasteiger partial charge < -0.3 is 4.74 Å². The monoisotopic (exact) mass is 257 g/mol. The first-order valence-corrected chi connectivity index (χ1v) is 5.68. The summed E-state index contributed by atoms with van der Waals surface area (Å²) >= 11 is 0. The molecule has 0 saturated carbocycles. The standard InChI is InChI=1S/C13H17F2NO2/c1-9(2)16(8-13(17)18-3)7-10-4-5-11(14)12(15)6-10/h4-6,9H,7-8H2,1-3H3. The van der Waals surface area contributed by atoms with Gasteiger partial charge in [0.05, 0.1) is 13.7 Å². The van der Waals surface area contributed by atoms with Crippen molar-refractivity contribution in [1.82, 2.24) is 4.90 Å². The Bertz CT molecular complexity index is 421. The number of halogens is 2. The minimum Gasteiger partial charge on any atom is -0.468 e. The lowest BCUT2D eigenvalue weighted by Crippen LogP contribution is -2.35. The van der Waals surface area contributed by atoms with E-state index in [1.807, 2.05) is 18.7 Å². The predicted octanol–water partition coefficient (Wildman–Crippen LogP) is 2.35. The molecule has 3 nitrogen and oxygen atoms in total. The summed E-state index contributed by atoms with van der Waals surface area (Å²) in [5.41, 5.74) is 0.617. The number of hydrogen-bond donors (Lipinski definition) is 0. The third-order valence-electron chi connectivity index (χ3n) is 2.66. The van der Waals surface area contributed by atoms with Crippen molar-refractivity contribution < 1.29 is 18.3 Å². The lowest BCUT2D eigenvalue weighted by atomic mass is 10.2. The van der Waals surface area contributed by atoms with Crippen molar-refractivity contribution in [3.8, 4) is 0 Å². The summed E-state index contributed by atoms with van der Waals surface area (Å²) in [6.45, 7) is 4.32. The molecule has 0 fully saturated rings. The van der Waals surface area contributed by atoms with Crippen molar-refractivity contribution >= 4 is 5.97 Å². The second-order valence-corrected chi connectivity index (χ2v) is 4.32. The smallest absolute Gasteiger partial charge is 0.319 e. The van der Waals surface area contributed by atoms with Gasteiger partial charge in [0.2, 0.25) is 0 Å². The van der Waals surface area contributed by atoms with E-state index in [1.54, 1.807) is 0 Å². The Labute approximate surface area is 105 Å². The van der Waals surface area contributed by atoms with Crippen molar-refractivity contribution in [3.63, 3.8) is 0 Å². The number of rotatable bonds is 5. The third-order valence-corrected chi connectivity index (χ3v) is 2.66. The maximum absolute atomic E-state index is 13.1. The molecule has 0 amide bonds. The molecule has 0 saturated heterocycles. The number of benzene rings is 1. The topological polar surface area (TPSA) is 29.5 Å². The largest absolute Gasteiger partial charge is 0.468 e. The Morgan fingerprint density at radius 3 is 2.50 bits per heavy atom. The molecule has 100 valence electrons. The first-order chi connectivity index (χ1) is 8.43. The molecule has 0 bridgehead atoms. The second kappa shape index (κ2) is 6.44. The molecule has 0 radical (unpaired) electrons. The lowest BCUT2D eigenvalue weighted by molar-refractivity contribution is -0.142. The molecule has 1 aromatic rings. The Hall–Kier alpha value is -1.49. The first-order valence-electron chi connectivity index (χ1n) is 5.68. The van der Waals surface area contributed by atoms with E-state index in [1.165, 1.54) is 13.2 Å². The van der Waals surface area contributed by atoms with Gasteiger partial charge in [-0.25, -0.2) is 8.78 Å². The molecule has 1 rings (SSSR count). The van der Waals surface area contributed by atoms with Crippen LogP contribution < -0.4 is 0 Å². The van der Waals surface area contributed by atoms with Crippen LogP contribution in [0.5, 0.6) is 0 Å². The minimum absolute atomic E-state index is 0.0946. The molecule has 0 aromatic heterocycles. The highest BCUT2D eigenvalue weighted by atomic mass is 19.2. The van der Waals surface area contributed by atoms with Gasteiger partial charge in [0.25, 0.3) is 0 Å². The maximum Gasteiger partial charge on any atom is 0.319 e. The number of methoxy groups -OCH3 is 1. The van der Waals surface area contributed by atoms with Crippen LogP contribution in [0.2, 0.25) is 0 Å². The molecule has 0 aliphatic rings. The van der Waals surface area contributed by atoms with Crippen LogP contribution >= 0.6 is 0 Å². The van der Waals surface area contributed by atoms with Gasteiger partial charge in [-0.1, -0.05) is 6.07 Å². The Morgan fingerprint density at radius 2 is 2.00 bits per heavy atom. The van der Waals surface area contributed by atoms with Crippen molar-refractivity contribution in [1.29, 1.82) is 0 Å². The van der Waals surface area contributed by atoms with Crippen LogP contribution in [-0.2, 0) is 16.1 Å². The number of carbonyl (C=O) groups is 1. The van der Waals surface area contributed by atoms with Crippen molar-refractivity contribution in [2.75, 3.05) is 13.7 Å². The zero-order valence-electron chi connectivity index (χ0n) is 10.7. The Balaban J connectivity index is 2.76. The zero-order valence-corrected chi connectivity index (χ0v) is 10.7. The average molecular weight is 257 g/mol. The van der Waals surface area contributed by atoms with E-state index in [2.05, 4.69) is 4.74 Å². The summed E-state index contributed by atoms with van der Waals surface area (Å²) in [6, 6.07) is 3.83. The predicted molar refractivity (Wildman–Crippen MR) is 63.9 cm³/mol. The van der Waals surface area contributed by atoms with E-state index in [4.69, 9.17) is 0 Å². The van der Waals surface area contributed by atoms with Crippen LogP contribution in [0.15, 0.2) is 18.2 Å². The first kappa shape index (κ1) is 14.6. The van der Waals surface area contributed by atoms with Crippen LogP contribution in [-0.4, -0.2) is 30.6 Å². The molecule has 0 spiro atoms. The van der Waals surface area contributed by atoms with Crippen LogP contribution in [0.4, 0.5) is 8.78 Å². The molecule has 5 heteroatoms. The molecule has 1 aromatic carbocycles. The Morgan fingerprint density at radius 1 is 1.33 bits per heavy atom. The van der Waals surface area contributed by atoms with E-state index in [-0.39, 0.29) is 18.6 Å². The Kier molecular flexibility index (Phi) is 5.22. The molecule has 0 heterocycles. The molecule has 0 unspecified atom stereocenters. The highest BCUT2D eigenvalue weighted by Gasteiger charge is 2.15. The number of carbonyl (C=O) groups excluding carboxylic acids is 1. The normalized spacial score (nSPS) is 11.1.